The normalized spacial score (nSPS) is 10.1. The molecule has 0 spiro atoms. The van der Waals surface area contributed by atoms with E-state index in [-0.39, 0.29) is 11.3 Å². The third-order valence-corrected chi connectivity index (χ3v) is 3.12. The lowest BCUT2D eigenvalue weighted by Crippen LogP contribution is -2.04. The average Bonchev–Trinajstić information content (AvgIpc) is 2.84. The number of nitrogens with one attached hydrogen (secondary N) is 1. The van der Waals surface area contributed by atoms with Crippen LogP contribution in [0.2, 0.25) is 0 Å². The molecule has 0 amide bonds. The Kier molecular flexibility index (Phi) is 4.18. The van der Waals surface area contributed by atoms with E-state index in [4.69, 9.17) is 5.26 Å². The van der Waals surface area contributed by atoms with Crippen molar-refractivity contribution >= 4 is 11.4 Å². The van der Waals surface area contributed by atoms with Crippen molar-refractivity contribution in [1.82, 2.24) is 9.78 Å². The maximum Gasteiger partial charge on any atom is 0.293 e. The Bertz CT molecular complexity index is 715. The fraction of sp³-hybridized carbons (Fsp3) is 0.286. The Morgan fingerprint density at radius 2 is 2.29 bits per heavy atom. The number of benzene rings is 1. The Balaban J connectivity index is 2.23. The summed E-state index contributed by atoms with van der Waals surface area (Å²) < 4.78 is 1.73. The number of nitrogens with zero attached hydrogens (tertiary/aromatic N) is 4. The van der Waals surface area contributed by atoms with Crippen molar-refractivity contribution in [3.8, 4) is 6.07 Å². The van der Waals surface area contributed by atoms with Gasteiger partial charge in [-0.1, -0.05) is 6.92 Å². The predicted octanol–water partition coefficient (Wildman–Crippen LogP) is 2.37. The van der Waals surface area contributed by atoms with Gasteiger partial charge in [0.25, 0.3) is 5.69 Å². The molecule has 7 heteroatoms. The number of aryl methyl sites for hydroxylation is 2. The molecule has 0 aliphatic carbocycles. The first kappa shape index (κ1) is 14.5. The van der Waals surface area contributed by atoms with Crippen molar-refractivity contribution in [3.63, 3.8) is 0 Å². The van der Waals surface area contributed by atoms with Crippen molar-refractivity contribution in [2.75, 3.05) is 5.32 Å². The fourth-order valence-corrected chi connectivity index (χ4v) is 2.12. The summed E-state index contributed by atoms with van der Waals surface area (Å²) in [6.07, 6.45) is 2.69. The van der Waals surface area contributed by atoms with Gasteiger partial charge in [0, 0.05) is 31.4 Å². The molecular formula is C14H15N5O2. The summed E-state index contributed by atoms with van der Waals surface area (Å²) in [5.74, 6) is 0. The van der Waals surface area contributed by atoms with Crippen LogP contribution in [0.4, 0.5) is 11.4 Å². The highest BCUT2D eigenvalue weighted by atomic mass is 16.6. The first-order valence-electron chi connectivity index (χ1n) is 6.49. The van der Waals surface area contributed by atoms with E-state index < -0.39 is 4.92 Å². The van der Waals surface area contributed by atoms with Crippen LogP contribution < -0.4 is 5.32 Å². The van der Waals surface area contributed by atoms with Crippen molar-refractivity contribution in [2.45, 2.75) is 19.9 Å². The van der Waals surface area contributed by atoms with E-state index in [2.05, 4.69) is 10.4 Å². The third kappa shape index (κ3) is 3.17. The number of nitriles is 1. The number of anilines is 1. The number of nitro benzene ring substituents is 1. The Hall–Kier alpha value is -2.88. The maximum absolute atomic E-state index is 11.1. The minimum Gasteiger partial charge on any atom is -0.375 e. The van der Waals surface area contributed by atoms with E-state index in [1.807, 2.05) is 26.2 Å². The van der Waals surface area contributed by atoms with Crippen molar-refractivity contribution < 1.29 is 4.92 Å². The molecule has 0 radical (unpaired) electrons. The Morgan fingerprint density at radius 1 is 1.52 bits per heavy atom. The second-order valence-electron chi connectivity index (χ2n) is 4.58. The van der Waals surface area contributed by atoms with Crippen LogP contribution in [0.1, 0.15) is 23.7 Å². The molecule has 21 heavy (non-hydrogen) atoms. The first-order valence-corrected chi connectivity index (χ1v) is 6.49. The number of hydrogen-bond acceptors (Lipinski definition) is 5. The number of hydrogen-bond donors (Lipinski definition) is 1. The Labute approximate surface area is 122 Å². The van der Waals surface area contributed by atoms with E-state index in [9.17, 15) is 10.1 Å². The Morgan fingerprint density at radius 3 is 2.90 bits per heavy atom. The molecule has 1 heterocycles. The summed E-state index contributed by atoms with van der Waals surface area (Å²) in [5, 5.41) is 27.2. The van der Waals surface area contributed by atoms with Crippen LogP contribution in [-0.4, -0.2) is 14.7 Å². The highest BCUT2D eigenvalue weighted by Gasteiger charge is 2.15. The lowest BCUT2D eigenvalue weighted by molar-refractivity contribution is -0.384. The molecular weight excluding hydrogens is 270 g/mol. The molecule has 2 rings (SSSR count). The molecule has 0 bridgehead atoms. The van der Waals surface area contributed by atoms with Gasteiger partial charge in [-0.3, -0.25) is 14.8 Å². The van der Waals surface area contributed by atoms with E-state index in [0.29, 0.717) is 12.2 Å². The largest absolute Gasteiger partial charge is 0.375 e. The second kappa shape index (κ2) is 6.05. The van der Waals surface area contributed by atoms with Gasteiger partial charge in [-0.2, -0.15) is 10.4 Å². The van der Waals surface area contributed by atoms with Gasteiger partial charge in [0.2, 0.25) is 0 Å². The highest BCUT2D eigenvalue weighted by molar-refractivity contribution is 5.64. The molecule has 0 saturated heterocycles. The van der Waals surface area contributed by atoms with E-state index >= 15 is 0 Å². The predicted molar refractivity (Wildman–Crippen MR) is 77.7 cm³/mol. The van der Waals surface area contributed by atoms with Gasteiger partial charge in [-0.15, -0.1) is 0 Å². The van der Waals surface area contributed by atoms with Crippen molar-refractivity contribution in [3.05, 3.63) is 51.3 Å². The zero-order chi connectivity index (χ0) is 15.4. The molecule has 7 nitrogen and oxygen atoms in total. The van der Waals surface area contributed by atoms with Crippen LogP contribution in [0.25, 0.3) is 0 Å². The van der Waals surface area contributed by atoms with Crippen LogP contribution in [-0.2, 0) is 20.0 Å². The van der Waals surface area contributed by atoms with E-state index in [1.165, 1.54) is 6.07 Å². The monoisotopic (exact) mass is 285 g/mol. The van der Waals surface area contributed by atoms with Gasteiger partial charge >= 0.3 is 0 Å². The van der Waals surface area contributed by atoms with Crippen molar-refractivity contribution in [2.24, 2.45) is 7.05 Å². The minimum atomic E-state index is -0.493. The summed E-state index contributed by atoms with van der Waals surface area (Å²) in [7, 11) is 1.84. The zero-order valence-corrected chi connectivity index (χ0v) is 11.8. The van der Waals surface area contributed by atoms with Gasteiger partial charge in [-0.25, -0.2) is 0 Å². The lowest BCUT2D eigenvalue weighted by atomic mass is 10.1. The van der Waals surface area contributed by atoms with Crippen LogP contribution in [0.5, 0.6) is 0 Å². The second-order valence-corrected chi connectivity index (χ2v) is 4.58. The summed E-state index contributed by atoms with van der Waals surface area (Å²) >= 11 is 0. The lowest BCUT2D eigenvalue weighted by Gasteiger charge is -2.07. The smallest absolute Gasteiger partial charge is 0.293 e. The summed E-state index contributed by atoms with van der Waals surface area (Å²) in [6.45, 7) is 2.46. The van der Waals surface area contributed by atoms with E-state index in [1.54, 1.807) is 16.8 Å². The van der Waals surface area contributed by atoms with Crippen LogP contribution >= 0.6 is 0 Å². The molecule has 0 fully saturated rings. The molecule has 0 atom stereocenters. The van der Waals surface area contributed by atoms with Gasteiger partial charge in [-0.05, 0) is 18.6 Å². The molecule has 0 unspecified atom stereocenters. The number of rotatable bonds is 5. The molecule has 0 saturated carbocycles. The molecule has 108 valence electrons. The molecule has 0 aliphatic rings. The van der Waals surface area contributed by atoms with Gasteiger partial charge in [0.1, 0.15) is 5.69 Å². The minimum absolute atomic E-state index is 0.101. The molecule has 2 aromatic rings. The summed E-state index contributed by atoms with van der Waals surface area (Å²) in [6, 6.07) is 6.28. The molecule has 1 N–H and O–H groups in total. The summed E-state index contributed by atoms with van der Waals surface area (Å²) in [5.41, 5.74) is 2.52. The quantitative estimate of drug-likeness (QED) is 0.672. The highest BCUT2D eigenvalue weighted by Crippen LogP contribution is 2.26. The molecule has 0 aliphatic heterocycles. The SMILES string of the molecule is CCc1nn(C)cc1CNc1ccc(C#N)cc1[N+](=O)[O-]. The third-order valence-electron chi connectivity index (χ3n) is 3.12. The van der Waals surface area contributed by atoms with Crippen LogP contribution in [0.15, 0.2) is 24.4 Å². The molecule has 1 aromatic carbocycles. The van der Waals surface area contributed by atoms with Crippen LogP contribution in [0.3, 0.4) is 0 Å². The number of aromatic nitrogens is 2. The molecule has 1 aromatic heterocycles. The number of nitro groups is 1. The maximum atomic E-state index is 11.1. The van der Waals surface area contributed by atoms with E-state index in [0.717, 1.165) is 17.7 Å². The zero-order valence-electron chi connectivity index (χ0n) is 11.8. The topological polar surface area (TPSA) is 96.8 Å². The van der Waals surface area contributed by atoms with Gasteiger partial charge in [0.15, 0.2) is 0 Å². The van der Waals surface area contributed by atoms with Gasteiger partial charge in [0.05, 0.1) is 22.2 Å². The summed E-state index contributed by atoms with van der Waals surface area (Å²) in [4.78, 5) is 10.6. The standard InChI is InChI=1S/C14H15N5O2/c1-3-12-11(9-18(2)17-12)8-16-13-5-4-10(7-15)6-14(13)19(20)21/h4-6,9,16H,3,8H2,1-2H3. The van der Waals surface area contributed by atoms with Gasteiger partial charge < -0.3 is 5.32 Å². The average molecular weight is 285 g/mol. The van der Waals surface area contributed by atoms with Crippen molar-refractivity contribution in [1.29, 1.82) is 5.26 Å². The fourth-order valence-electron chi connectivity index (χ4n) is 2.12. The first-order chi connectivity index (χ1) is 10.0. The van der Waals surface area contributed by atoms with Crippen LogP contribution in [0, 0.1) is 21.4 Å².